The predicted octanol–water partition coefficient (Wildman–Crippen LogP) is 2.99. The Bertz CT molecular complexity index is 703. The van der Waals surface area contributed by atoms with Gasteiger partial charge in [0.25, 0.3) is 0 Å². The van der Waals surface area contributed by atoms with E-state index in [0.29, 0.717) is 6.54 Å². The fourth-order valence-electron chi connectivity index (χ4n) is 2.69. The first-order valence-corrected chi connectivity index (χ1v) is 8.49. The molecule has 1 unspecified atom stereocenters. The third-order valence-corrected chi connectivity index (χ3v) is 4.40. The van der Waals surface area contributed by atoms with E-state index in [1.54, 1.807) is 7.05 Å². The highest BCUT2D eigenvalue weighted by Crippen LogP contribution is 2.14. The second-order valence-corrected chi connectivity index (χ2v) is 6.51. The summed E-state index contributed by atoms with van der Waals surface area (Å²) >= 11 is 5.91. The highest BCUT2D eigenvalue weighted by atomic mass is 35.5. The van der Waals surface area contributed by atoms with E-state index in [1.165, 1.54) is 11.3 Å². The van der Waals surface area contributed by atoms with Crippen molar-refractivity contribution in [2.24, 2.45) is 12.0 Å². The van der Waals surface area contributed by atoms with Crippen LogP contribution in [-0.2, 0) is 20.0 Å². The molecule has 0 saturated carbocycles. The molecule has 0 amide bonds. The molecule has 0 saturated heterocycles. The fourth-order valence-corrected chi connectivity index (χ4v) is 2.81. The topological polar surface area (TPSA) is 54.2 Å². The molecule has 130 valence electrons. The molecule has 1 aromatic carbocycles. The van der Waals surface area contributed by atoms with E-state index < -0.39 is 0 Å². The predicted molar refractivity (Wildman–Crippen MR) is 101 cm³/mol. The van der Waals surface area contributed by atoms with E-state index in [2.05, 4.69) is 41.5 Å². The zero-order chi connectivity index (χ0) is 17.7. The molecule has 2 aromatic rings. The van der Waals surface area contributed by atoms with E-state index in [9.17, 15) is 0 Å². The lowest BCUT2D eigenvalue weighted by Gasteiger charge is -2.18. The van der Waals surface area contributed by atoms with Crippen molar-refractivity contribution in [1.82, 2.24) is 20.4 Å². The van der Waals surface area contributed by atoms with Crippen LogP contribution in [0.3, 0.4) is 0 Å². The summed E-state index contributed by atoms with van der Waals surface area (Å²) in [5, 5.41) is 12.0. The van der Waals surface area contributed by atoms with Crippen LogP contribution in [-0.4, -0.2) is 28.8 Å². The van der Waals surface area contributed by atoms with Gasteiger partial charge in [0.2, 0.25) is 0 Å². The molecule has 0 bridgehead atoms. The molecular weight excluding hydrogens is 322 g/mol. The van der Waals surface area contributed by atoms with Crippen LogP contribution >= 0.6 is 11.6 Å². The molecular formula is C18H26ClN5. The Morgan fingerprint density at radius 3 is 2.50 bits per heavy atom. The lowest BCUT2D eigenvalue weighted by Crippen LogP contribution is -2.42. The van der Waals surface area contributed by atoms with Gasteiger partial charge < -0.3 is 10.6 Å². The van der Waals surface area contributed by atoms with Gasteiger partial charge in [-0.05, 0) is 50.5 Å². The Labute approximate surface area is 149 Å². The SMILES string of the molecule is CN=C(NCc1ccc(Cl)cc1)NC(C)Cc1c(C)nn(C)c1C. The number of rotatable bonds is 5. The van der Waals surface area contributed by atoms with Crippen molar-refractivity contribution in [1.29, 1.82) is 0 Å². The molecule has 24 heavy (non-hydrogen) atoms. The van der Waals surface area contributed by atoms with Gasteiger partial charge in [-0.15, -0.1) is 0 Å². The largest absolute Gasteiger partial charge is 0.354 e. The second-order valence-electron chi connectivity index (χ2n) is 6.07. The van der Waals surface area contributed by atoms with Gasteiger partial charge in [0, 0.05) is 37.4 Å². The summed E-state index contributed by atoms with van der Waals surface area (Å²) in [5.41, 5.74) is 4.76. The summed E-state index contributed by atoms with van der Waals surface area (Å²) in [6, 6.07) is 8.06. The zero-order valence-corrected chi connectivity index (χ0v) is 15.8. The molecule has 1 heterocycles. The number of nitrogens with one attached hydrogen (secondary N) is 2. The molecule has 0 aliphatic heterocycles. The Hall–Kier alpha value is -2.01. The van der Waals surface area contributed by atoms with Crippen molar-refractivity contribution < 1.29 is 0 Å². The average Bonchev–Trinajstić information content (AvgIpc) is 2.79. The monoisotopic (exact) mass is 347 g/mol. The van der Waals surface area contributed by atoms with Crippen LogP contribution in [0.15, 0.2) is 29.3 Å². The molecule has 0 spiro atoms. The van der Waals surface area contributed by atoms with Gasteiger partial charge >= 0.3 is 0 Å². The summed E-state index contributed by atoms with van der Waals surface area (Å²) in [4.78, 5) is 4.30. The van der Waals surface area contributed by atoms with Gasteiger partial charge in [0.15, 0.2) is 5.96 Å². The van der Waals surface area contributed by atoms with Crippen molar-refractivity contribution in [3.8, 4) is 0 Å². The van der Waals surface area contributed by atoms with Crippen molar-refractivity contribution in [2.45, 2.75) is 39.8 Å². The van der Waals surface area contributed by atoms with Crippen molar-refractivity contribution in [3.05, 3.63) is 51.8 Å². The molecule has 1 atom stereocenters. The van der Waals surface area contributed by atoms with Gasteiger partial charge in [-0.2, -0.15) is 5.10 Å². The van der Waals surface area contributed by atoms with Crippen LogP contribution in [0.1, 0.15) is 29.4 Å². The maximum absolute atomic E-state index is 5.91. The number of halogens is 1. The molecule has 0 aliphatic rings. The maximum atomic E-state index is 5.91. The molecule has 5 nitrogen and oxygen atoms in total. The first-order chi connectivity index (χ1) is 11.4. The van der Waals surface area contributed by atoms with E-state index in [-0.39, 0.29) is 6.04 Å². The quantitative estimate of drug-likeness (QED) is 0.645. The average molecular weight is 348 g/mol. The Morgan fingerprint density at radius 2 is 1.96 bits per heavy atom. The van der Waals surface area contributed by atoms with E-state index in [4.69, 9.17) is 11.6 Å². The van der Waals surface area contributed by atoms with Gasteiger partial charge in [-0.25, -0.2) is 0 Å². The van der Waals surface area contributed by atoms with Crippen LogP contribution in [0.5, 0.6) is 0 Å². The summed E-state index contributed by atoms with van der Waals surface area (Å²) in [5.74, 6) is 0.789. The van der Waals surface area contributed by atoms with Crippen molar-refractivity contribution >= 4 is 17.6 Å². The first kappa shape index (κ1) is 18.3. The minimum Gasteiger partial charge on any atom is -0.354 e. The number of guanidine groups is 1. The molecule has 1 aromatic heterocycles. The summed E-state index contributed by atoms with van der Waals surface area (Å²) in [7, 11) is 3.76. The normalized spacial score (nSPS) is 13.0. The highest BCUT2D eigenvalue weighted by molar-refractivity contribution is 6.30. The number of aromatic nitrogens is 2. The standard InChI is InChI=1S/C18H26ClN5/c1-12(10-17-13(2)23-24(5)14(17)3)22-18(20-4)21-11-15-6-8-16(19)9-7-15/h6-9,12H,10-11H2,1-5H3,(H2,20,21,22). The van der Waals surface area contributed by atoms with Gasteiger partial charge in [0.1, 0.15) is 0 Å². The van der Waals surface area contributed by atoms with Crippen LogP contribution in [0.25, 0.3) is 0 Å². The summed E-state index contributed by atoms with van der Waals surface area (Å²) < 4.78 is 1.94. The second kappa shape index (κ2) is 8.20. The van der Waals surface area contributed by atoms with E-state index in [1.807, 2.05) is 36.0 Å². The Morgan fingerprint density at radius 1 is 1.29 bits per heavy atom. The molecule has 6 heteroatoms. The summed E-state index contributed by atoms with van der Waals surface area (Å²) in [6.07, 6.45) is 0.910. The number of hydrogen-bond acceptors (Lipinski definition) is 2. The zero-order valence-electron chi connectivity index (χ0n) is 15.0. The minimum absolute atomic E-state index is 0.253. The molecule has 0 fully saturated rings. The lowest BCUT2D eigenvalue weighted by molar-refractivity contribution is 0.635. The molecule has 2 rings (SSSR count). The fraction of sp³-hybridized carbons (Fsp3) is 0.444. The molecule has 0 radical (unpaired) electrons. The minimum atomic E-state index is 0.253. The molecule has 2 N–H and O–H groups in total. The Kier molecular flexibility index (Phi) is 6.26. The molecule has 0 aliphatic carbocycles. The highest BCUT2D eigenvalue weighted by Gasteiger charge is 2.13. The lowest BCUT2D eigenvalue weighted by atomic mass is 10.1. The van der Waals surface area contributed by atoms with Crippen molar-refractivity contribution in [3.63, 3.8) is 0 Å². The smallest absolute Gasteiger partial charge is 0.191 e. The first-order valence-electron chi connectivity index (χ1n) is 8.11. The van der Waals surface area contributed by atoms with E-state index >= 15 is 0 Å². The Balaban J connectivity index is 1.91. The van der Waals surface area contributed by atoms with Crippen LogP contribution in [0, 0.1) is 13.8 Å². The third-order valence-electron chi connectivity index (χ3n) is 4.15. The third kappa shape index (κ3) is 4.74. The van der Waals surface area contributed by atoms with Gasteiger partial charge in [-0.1, -0.05) is 23.7 Å². The van der Waals surface area contributed by atoms with E-state index in [0.717, 1.165) is 28.7 Å². The number of aryl methyl sites for hydroxylation is 2. The number of nitrogens with zero attached hydrogens (tertiary/aromatic N) is 3. The van der Waals surface area contributed by atoms with Crippen LogP contribution in [0.2, 0.25) is 5.02 Å². The summed E-state index contributed by atoms with van der Waals surface area (Å²) in [6.45, 7) is 7.02. The number of hydrogen-bond donors (Lipinski definition) is 2. The number of aliphatic imine (C=N–C) groups is 1. The van der Waals surface area contributed by atoms with Crippen LogP contribution in [0.4, 0.5) is 0 Å². The van der Waals surface area contributed by atoms with Crippen molar-refractivity contribution in [2.75, 3.05) is 7.05 Å². The maximum Gasteiger partial charge on any atom is 0.191 e. The number of benzene rings is 1. The van der Waals surface area contributed by atoms with Crippen LogP contribution < -0.4 is 10.6 Å². The van der Waals surface area contributed by atoms with Gasteiger partial charge in [0.05, 0.1) is 5.69 Å². The van der Waals surface area contributed by atoms with Gasteiger partial charge in [-0.3, -0.25) is 9.67 Å².